The van der Waals surface area contributed by atoms with E-state index in [1.165, 1.54) is 17.5 Å². The van der Waals surface area contributed by atoms with Gasteiger partial charge < -0.3 is 4.74 Å². The molecule has 0 saturated heterocycles. The predicted molar refractivity (Wildman–Crippen MR) is 122 cm³/mol. The monoisotopic (exact) mass is 533 g/mol. The Labute approximate surface area is 195 Å². The number of benzene rings is 1. The van der Waals surface area contributed by atoms with E-state index < -0.39 is 0 Å². The van der Waals surface area contributed by atoms with Crippen LogP contribution in [0.2, 0.25) is 15.1 Å². The first-order chi connectivity index (χ1) is 13.9. The predicted octanol–water partition coefficient (Wildman–Crippen LogP) is 6.90. The van der Waals surface area contributed by atoms with E-state index in [2.05, 4.69) is 25.9 Å². The van der Waals surface area contributed by atoms with E-state index in [9.17, 15) is 4.79 Å². The van der Waals surface area contributed by atoms with Crippen molar-refractivity contribution in [2.45, 2.75) is 20.0 Å². The van der Waals surface area contributed by atoms with Crippen molar-refractivity contribution in [3.05, 3.63) is 66.8 Å². The number of rotatable bonds is 7. The van der Waals surface area contributed by atoms with Crippen molar-refractivity contribution in [2.75, 3.05) is 11.4 Å². The zero-order chi connectivity index (χ0) is 21.0. The van der Waals surface area contributed by atoms with Gasteiger partial charge in [-0.3, -0.25) is 14.7 Å². The number of thiazole rings is 1. The van der Waals surface area contributed by atoms with E-state index in [1.807, 2.05) is 12.3 Å². The maximum Gasteiger partial charge on any atom is 0.261 e. The van der Waals surface area contributed by atoms with E-state index in [0.717, 1.165) is 10.9 Å². The average molecular weight is 536 g/mol. The van der Waals surface area contributed by atoms with E-state index in [0.29, 0.717) is 43.8 Å². The Kier molecular flexibility index (Phi) is 7.76. The number of hydrogen-bond acceptors (Lipinski definition) is 5. The first-order valence-corrected chi connectivity index (χ1v) is 11.3. The van der Waals surface area contributed by atoms with Crippen molar-refractivity contribution in [3.8, 4) is 5.75 Å². The molecule has 0 radical (unpaired) electrons. The molecule has 2 aromatic heterocycles. The molecule has 3 aromatic rings. The number of hydrogen-bond donors (Lipinski definition) is 0. The molecule has 1 amide bonds. The van der Waals surface area contributed by atoms with Gasteiger partial charge in [0.2, 0.25) is 0 Å². The molecule has 29 heavy (non-hydrogen) atoms. The minimum absolute atomic E-state index is 0.157. The maximum absolute atomic E-state index is 13.0. The van der Waals surface area contributed by atoms with Gasteiger partial charge in [0.05, 0.1) is 21.3 Å². The van der Waals surface area contributed by atoms with Gasteiger partial charge in [-0.2, -0.15) is 0 Å². The second-order valence-corrected chi connectivity index (χ2v) is 8.96. The standard InChI is InChI=1S/C19H15BrCl3N3O2S/c1-2-3-26(18(27)11-4-12(20)8-24-7-11)19-25-14(10-29-19)9-28-17-15(22)5-13(21)6-16(17)23/h4-8,10H,2-3,9H2,1H3. The Morgan fingerprint density at radius 1 is 1.21 bits per heavy atom. The van der Waals surface area contributed by atoms with Gasteiger partial charge in [0, 0.05) is 33.8 Å². The minimum atomic E-state index is -0.161. The lowest BCUT2D eigenvalue weighted by Crippen LogP contribution is -2.31. The van der Waals surface area contributed by atoms with Crippen molar-refractivity contribution in [3.63, 3.8) is 0 Å². The second-order valence-electron chi connectivity index (χ2n) is 5.96. The van der Waals surface area contributed by atoms with Crippen LogP contribution in [0.25, 0.3) is 0 Å². The Morgan fingerprint density at radius 3 is 2.59 bits per heavy atom. The van der Waals surface area contributed by atoms with Crippen LogP contribution in [0.3, 0.4) is 0 Å². The van der Waals surface area contributed by atoms with Crippen molar-refractivity contribution in [1.29, 1.82) is 0 Å². The van der Waals surface area contributed by atoms with Crippen LogP contribution in [0.4, 0.5) is 5.13 Å². The smallest absolute Gasteiger partial charge is 0.261 e. The summed E-state index contributed by atoms with van der Waals surface area (Å²) in [5.74, 6) is 0.181. The Morgan fingerprint density at radius 2 is 1.93 bits per heavy atom. The zero-order valence-corrected chi connectivity index (χ0v) is 19.8. The molecule has 2 heterocycles. The molecular weight excluding hydrogens is 521 g/mol. The first kappa shape index (κ1) is 22.3. The number of nitrogens with zero attached hydrogens (tertiary/aromatic N) is 3. The Bertz CT molecular complexity index is 1010. The van der Waals surface area contributed by atoms with Gasteiger partial charge in [0.15, 0.2) is 10.9 Å². The molecule has 10 heteroatoms. The van der Waals surface area contributed by atoms with E-state index >= 15 is 0 Å². The lowest BCUT2D eigenvalue weighted by molar-refractivity contribution is 0.0986. The minimum Gasteiger partial charge on any atom is -0.484 e. The lowest BCUT2D eigenvalue weighted by atomic mass is 10.2. The van der Waals surface area contributed by atoms with Crippen molar-refractivity contribution >= 4 is 73.1 Å². The molecule has 0 N–H and O–H groups in total. The highest BCUT2D eigenvalue weighted by Crippen LogP contribution is 2.36. The number of carbonyl (C=O) groups is 1. The Balaban J connectivity index is 1.77. The van der Waals surface area contributed by atoms with Gasteiger partial charge in [0.1, 0.15) is 6.61 Å². The quantitative estimate of drug-likeness (QED) is 0.330. The van der Waals surface area contributed by atoms with E-state index in [-0.39, 0.29) is 12.5 Å². The summed E-state index contributed by atoms with van der Waals surface area (Å²) in [6.45, 7) is 2.69. The fourth-order valence-electron chi connectivity index (χ4n) is 2.49. The highest BCUT2D eigenvalue weighted by Gasteiger charge is 2.21. The molecule has 0 bridgehead atoms. The van der Waals surface area contributed by atoms with Gasteiger partial charge in [-0.25, -0.2) is 4.98 Å². The third-order valence-electron chi connectivity index (χ3n) is 3.74. The number of halogens is 4. The molecule has 5 nitrogen and oxygen atoms in total. The van der Waals surface area contributed by atoms with Crippen LogP contribution in [0.5, 0.6) is 5.75 Å². The largest absolute Gasteiger partial charge is 0.484 e. The van der Waals surface area contributed by atoms with Crippen LogP contribution < -0.4 is 9.64 Å². The molecule has 0 aliphatic carbocycles. The molecule has 0 saturated carbocycles. The summed E-state index contributed by atoms with van der Waals surface area (Å²) < 4.78 is 6.47. The van der Waals surface area contributed by atoms with Gasteiger partial charge >= 0.3 is 0 Å². The van der Waals surface area contributed by atoms with Crippen LogP contribution >= 0.6 is 62.1 Å². The van der Waals surface area contributed by atoms with E-state index in [1.54, 1.807) is 29.3 Å². The fraction of sp³-hybridized carbons (Fsp3) is 0.211. The van der Waals surface area contributed by atoms with Crippen LogP contribution in [-0.4, -0.2) is 22.4 Å². The molecule has 0 aliphatic heterocycles. The average Bonchev–Trinajstić information content (AvgIpc) is 3.13. The zero-order valence-electron chi connectivity index (χ0n) is 15.2. The molecule has 0 fully saturated rings. The lowest BCUT2D eigenvalue weighted by Gasteiger charge is -2.19. The molecule has 0 spiro atoms. The molecule has 152 valence electrons. The highest BCUT2D eigenvalue weighted by atomic mass is 79.9. The molecule has 3 rings (SSSR count). The third-order valence-corrected chi connectivity index (χ3v) is 5.87. The number of ether oxygens (including phenoxy) is 1. The number of pyridine rings is 1. The van der Waals surface area contributed by atoms with Crippen LogP contribution in [0.1, 0.15) is 29.4 Å². The normalized spacial score (nSPS) is 10.8. The van der Waals surface area contributed by atoms with Crippen LogP contribution in [0.15, 0.2) is 40.4 Å². The van der Waals surface area contributed by atoms with Crippen molar-refractivity contribution < 1.29 is 9.53 Å². The number of carbonyl (C=O) groups excluding carboxylic acids is 1. The van der Waals surface area contributed by atoms with Crippen LogP contribution in [-0.2, 0) is 6.61 Å². The van der Waals surface area contributed by atoms with Crippen molar-refractivity contribution in [2.24, 2.45) is 0 Å². The summed E-state index contributed by atoms with van der Waals surface area (Å²) in [6.07, 6.45) is 3.96. The van der Waals surface area contributed by atoms with E-state index in [4.69, 9.17) is 39.5 Å². The topological polar surface area (TPSA) is 55.3 Å². The Hall–Kier alpha value is -1.38. The third kappa shape index (κ3) is 5.61. The summed E-state index contributed by atoms with van der Waals surface area (Å²) in [7, 11) is 0. The number of aromatic nitrogens is 2. The molecule has 0 atom stereocenters. The SMILES string of the molecule is CCCN(C(=O)c1cncc(Br)c1)c1nc(COc2c(Cl)cc(Cl)cc2Cl)cs1. The summed E-state index contributed by atoms with van der Waals surface area (Å²) in [6, 6.07) is 4.86. The van der Waals surface area contributed by atoms with Crippen molar-refractivity contribution in [1.82, 2.24) is 9.97 Å². The van der Waals surface area contributed by atoms with Gasteiger partial charge in [-0.15, -0.1) is 11.3 Å². The van der Waals surface area contributed by atoms with Gasteiger partial charge in [0.25, 0.3) is 5.91 Å². The first-order valence-electron chi connectivity index (χ1n) is 8.53. The summed E-state index contributed by atoms with van der Waals surface area (Å²) in [4.78, 5) is 23.2. The molecular formula is C19H15BrCl3N3O2S. The van der Waals surface area contributed by atoms with Gasteiger partial charge in [-0.1, -0.05) is 41.7 Å². The van der Waals surface area contributed by atoms with Crippen LogP contribution in [0, 0.1) is 0 Å². The second kappa shape index (κ2) is 10.1. The maximum atomic E-state index is 13.0. The van der Waals surface area contributed by atoms with Gasteiger partial charge in [-0.05, 0) is 40.5 Å². The fourth-order valence-corrected chi connectivity index (χ4v) is 4.62. The summed E-state index contributed by atoms with van der Waals surface area (Å²) in [5, 5.41) is 3.50. The molecule has 1 aromatic carbocycles. The number of amides is 1. The summed E-state index contributed by atoms with van der Waals surface area (Å²) in [5.41, 5.74) is 1.15. The number of anilines is 1. The summed E-state index contributed by atoms with van der Waals surface area (Å²) >= 11 is 22.9. The highest BCUT2D eigenvalue weighted by molar-refractivity contribution is 9.10. The molecule has 0 aliphatic rings. The molecule has 0 unspecified atom stereocenters.